The number of nitrogens with one attached hydrogen (secondary N) is 3. The van der Waals surface area contributed by atoms with Crippen LogP contribution in [0.3, 0.4) is 0 Å². The van der Waals surface area contributed by atoms with Crippen molar-refractivity contribution in [2.75, 3.05) is 19.4 Å². The van der Waals surface area contributed by atoms with Gasteiger partial charge in [-0.1, -0.05) is 28.0 Å². The number of rotatable bonds is 12. The van der Waals surface area contributed by atoms with E-state index in [9.17, 15) is 14.4 Å². The highest BCUT2D eigenvalue weighted by molar-refractivity contribution is 8.77. The third-order valence-corrected chi connectivity index (χ3v) is 7.39. The highest BCUT2D eigenvalue weighted by Gasteiger charge is 2.22. The van der Waals surface area contributed by atoms with Crippen molar-refractivity contribution in [2.24, 2.45) is 0 Å². The van der Waals surface area contributed by atoms with Crippen LogP contribution in [0.25, 0.3) is 0 Å². The van der Waals surface area contributed by atoms with Crippen LogP contribution < -0.4 is 10.6 Å². The molecule has 8 nitrogen and oxygen atoms in total. The zero-order valence-corrected chi connectivity index (χ0v) is 17.7. The van der Waals surface area contributed by atoms with E-state index in [2.05, 4.69) is 20.6 Å². The smallest absolute Gasteiger partial charge is 0.328 e. The largest absolute Gasteiger partial charge is 0.467 e. The molecular weight excluding hydrogens is 400 g/mol. The predicted octanol–water partition coefficient (Wildman–Crippen LogP) is 1.83. The molecule has 2 heterocycles. The van der Waals surface area contributed by atoms with Crippen LogP contribution in [0.4, 0.5) is 0 Å². The summed E-state index contributed by atoms with van der Waals surface area (Å²) in [5, 5.41) is 6.15. The Balaban J connectivity index is 1.59. The van der Waals surface area contributed by atoms with E-state index in [0.717, 1.165) is 23.8 Å². The highest BCUT2D eigenvalue weighted by Crippen LogP contribution is 2.39. The van der Waals surface area contributed by atoms with Gasteiger partial charge in [0.15, 0.2) is 0 Å². The third-order valence-electron chi connectivity index (χ3n) is 4.38. The van der Waals surface area contributed by atoms with Crippen molar-refractivity contribution in [2.45, 2.75) is 56.2 Å². The zero-order chi connectivity index (χ0) is 20.2. The first-order valence-corrected chi connectivity index (χ1v) is 11.9. The summed E-state index contributed by atoms with van der Waals surface area (Å²) in [5.41, 5.74) is 0.721. The Hall–Kier alpha value is -1.68. The third kappa shape index (κ3) is 8.55. The number of aromatic nitrogens is 2. The van der Waals surface area contributed by atoms with Gasteiger partial charge in [0.25, 0.3) is 0 Å². The molecule has 1 fully saturated rings. The van der Waals surface area contributed by atoms with Crippen LogP contribution in [0.2, 0.25) is 0 Å². The van der Waals surface area contributed by atoms with Crippen LogP contribution in [0.15, 0.2) is 12.5 Å². The topological polar surface area (TPSA) is 113 Å². The zero-order valence-electron chi connectivity index (χ0n) is 16.1. The molecule has 10 heteroatoms. The van der Waals surface area contributed by atoms with E-state index in [1.165, 1.54) is 32.0 Å². The summed E-state index contributed by atoms with van der Waals surface area (Å²) in [4.78, 5) is 42.6. The minimum atomic E-state index is -0.791. The Morgan fingerprint density at radius 3 is 2.86 bits per heavy atom. The van der Waals surface area contributed by atoms with Crippen LogP contribution in [0, 0.1) is 0 Å². The van der Waals surface area contributed by atoms with Crippen molar-refractivity contribution in [3.05, 3.63) is 18.2 Å². The van der Waals surface area contributed by atoms with Gasteiger partial charge in [0.05, 0.1) is 13.4 Å². The van der Waals surface area contributed by atoms with Gasteiger partial charge in [-0.2, -0.15) is 0 Å². The number of imidazole rings is 1. The number of ether oxygens (including phenoxy) is 1. The molecule has 1 aliphatic rings. The second kappa shape index (κ2) is 12.7. The molecule has 1 aromatic heterocycles. The van der Waals surface area contributed by atoms with E-state index in [1.807, 2.05) is 21.6 Å². The lowest BCUT2D eigenvalue weighted by molar-refractivity contribution is -0.145. The molecule has 0 aliphatic carbocycles. The van der Waals surface area contributed by atoms with Gasteiger partial charge >= 0.3 is 5.97 Å². The SMILES string of the molecule is COC(=O)C(Cc1cnc[nH]1)NC(=O)CCNC(=O)CCCCC1CCSS1. The van der Waals surface area contributed by atoms with Gasteiger partial charge in [0.1, 0.15) is 6.04 Å². The van der Waals surface area contributed by atoms with Gasteiger partial charge in [-0.3, -0.25) is 9.59 Å². The van der Waals surface area contributed by atoms with Crippen molar-refractivity contribution in [3.8, 4) is 0 Å². The molecule has 156 valence electrons. The maximum atomic E-state index is 12.1. The van der Waals surface area contributed by atoms with Gasteiger partial charge in [-0.05, 0) is 19.3 Å². The molecule has 2 atom stereocenters. The number of hydrogen-bond acceptors (Lipinski definition) is 7. The van der Waals surface area contributed by atoms with Crippen LogP contribution in [-0.4, -0.2) is 58.5 Å². The van der Waals surface area contributed by atoms with E-state index in [-0.39, 0.29) is 31.2 Å². The summed E-state index contributed by atoms with van der Waals surface area (Å²) < 4.78 is 4.74. The van der Waals surface area contributed by atoms with Crippen LogP contribution in [0.5, 0.6) is 0 Å². The van der Waals surface area contributed by atoms with Gasteiger partial charge < -0.3 is 20.4 Å². The lowest BCUT2D eigenvalue weighted by Gasteiger charge is -2.16. The molecule has 0 saturated carbocycles. The average molecular weight is 429 g/mol. The first-order chi connectivity index (χ1) is 13.6. The molecule has 1 aliphatic heterocycles. The molecule has 2 rings (SSSR count). The second-order valence-electron chi connectivity index (χ2n) is 6.60. The van der Waals surface area contributed by atoms with E-state index in [1.54, 1.807) is 6.20 Å². The van der Waals surface area contributed by atoms with Crippen molar-refractivity contribution < 1.29 is 19.1 Å². The normalized spacial score (nSPS) is 17.1. The minimum absolute atomic E-state index is 0.0387. The monoisotopic (exact) mass is 428 g/mol. The Morgan fingerprint density at radius 2 is 2.18 bits per heavy atom. The molecule has 2 amide bonds. The number of H-pyrrole nitrogens is 1. The molecule has 0 radical (unpaired) electrons. The number of carbonyl (C=O) groups excluding carboxylic acids is 3. The maximum absolute atomic E-state index is 12.1. The summed E-state index contributed by atoms with van der Waals surface area (Å²) in [5.74, 6) is 0.358. The Bertz CT molecular complexity index is 621. The second-order valence-corrected chi connectivity index (χ2v) is 9.39. The number of hydrogen-bond donors (Lipinski definition) is 3. The molecule has 3 N–H and O–H groups in total. The van der Waals surface area contributed by atoms with Gasteiger partial charge in [0, 0.05) is 48.7 Å². The number of carbonyl (C=O) groups is 3. The summed E-state index contributed by atoms with van der Waals surface area (Å²) in [7, 11) is 5.17. The Morgan fingerprint density at radius 1 is 1.32 bits per heavy atom. The molecule has 0 bridgehead atoms. The van der Waals surface area contributed by atoms with Crippen molar-refractivity contribution in [1.29, 1.82) is 0 Å². The fourth-order valence-electron chi connectivity index (χ4n) is 2.84. The van der Waals surface area contributed by atoms with Crippen molar-refractivity contribution in [1.82, 2.24) is 20.6 Å². The highest BCUT2D eigenvalue weighted by atomic mass is 33.1. The molecule has 28 heavy (non-hydrogen) atoms. The standard InChI is InChI=1S/C18H28N4O4S2/c1-26-18(25)15(10-13-11-19-12-21-13)22-17(24)6-8-20-16(23)5-3-2-4-14-7-9-27-28-14/h11-12,14-15H,2-10H2,1H3,(H,19,21)(H,20,23)(H,22,24). The summed E-state index contributed by atoms with van der Waals surface area (Å²) in [6.45, 7) is 0.248. The lowest BCUT2D eigenvalue weighted by Crippen LogP contribution is -2.44. The Kier molecular flexibility index (Phi) is 10.3. The number of esters is 1. The number of methoxy groups -OCH3 is 1. The molecule has 2 unspecified atom stereocenters. The van der Waals surface area contributed by atoms with E-state index >= 15 is 0 Å². The quantitative estimate of drug-likeness (QED) is 0.264. The maximum Gasteiger partial charge on any atom is 0.328 e. The summed E-state index contributed by atoms with van der Waals surface area (Å²) in [6, 6.07) is -0.791. The van der Waals surface area contributed by atoms with Crippen molar-refractivity contribution in [3.63, 3.8) is 0 Å². The minimum Gasteiger partial charge on any atom is -0.467 e. The molecule has 1 aromatic rings. The fraction of sp³-hybridized carbons (Fsp3) is 0.667. The number of aromatic amines is 1. The summed E-state index contributed by atoms with van der Waals surface area (Å²) >= 11 is 0. The van der Waals surface area contributed by atoms with E-state index in [4.69, 9.17) is 4.74 Å². The van der Waals surface area contributed by atoms with Crippen LogP contribution >= 0.6 is 21.6 Å². The van der Waals surface area contributed by atoms with E-state index < -0.39 is 12.0 Å². The number of unbranched alkanes of at least 4 members (excludes halogenated alkanes) is 1. The molecule has 0 spiro atoms. The number of nitrogens with zero attached hydrogens (tertiary/aromatic N) is 1. The lowest BCUT2D eigenvalue weighted by atomic mass is 10.1. The fourth-order valence-corrected chi connectivity index (χ4v) is 5.87. The van der Waals surface area contributed by atoms with E-state index in [0.29, 0.717) is 6.42 Å². The predicted molar refractivity (Wildman–Crippen MR) is 111 cm³/mol. The van der Waals surface area contributed by atoms with Gasteiger partial charge in [-0.25, -0.2) is 9.78 Å². The first-order valence-electron chi connectivity index (χ1n) is 9.48. The molecular formula is C18H28N4O4S2. The van der Waals surface area contributed by atoms with Crippen molar-refractivity contribution >= 4 is 39.4 Å². The van der Waals surface area contributed by atoms with Gasteiger partial charge in [0.2, 0.25) is 11.8 Å². The molecule has 0 aromatic carbocycles. The van der Waals surface area contributed by atoms with Crippen LogP contribution in [-0.2, 0) is 25.5 Å². The number of amides is 2. The first kappa shape index (κ1) is 22.6. The average Bonchev–Trinajstić information content (AvgIpc) is 3.38. The Labute approximate surface area is 173 Å². The molecule has 1 saturated heterocycles. The summed E-state index contributed by atoms with van der Waals surface area (Å²) in [6.07, 6.45) is 8.31. The van der Waals surface area contributed by atoms with Crippen LogP contribution in [0.1, 0.15) is 44.2 Å². The van der Waals surface area contributed by atoms with Gasteiger partial charge in [-0.15, -0.1) is 0 Å².